The van der Waals surface area contributed by atoms with Gasteiger partial charge in [-0.3, -0.25) is 4.79 Å². The fourth-order valence-electron chi connectivity index (χ4n) is 6.75. The molecule has 1 aliphatic heterocycles. The van der Waals surface area contributed by atoms with Gasteiger partial charge < -0.3 is 33.5 Å². The van der Waals surface area contributed by atoms with Crippen LogP contribution in [0.2, 0.25) is 36.3 Å². The maximum absolute atomic E-state index is 14.6. The van der Waals surface area contributed by atoms with E-state index in [-0.39, 0.29) is 45.9 Å². The summed E-state index contributed by atoms with van der Waals surface area (Å²) in [5.74, 6) is 0.0994. The van der Waals surface area contributed by atoms with E-state index in [0.29, 0.717) is 49.3 Å². The first-order valence-electron chi connectivity index (χ1n) is 21.4. The van der Waals surface area contributed by atoms with Crippen LogP contribution in [0, 0.1) is 23.7 Å². The van der Waals surface area contributed by atoms with Crippen molar-refractivity contribution in [1.82, 2.24) is 5.32 Å². The second-order valence-corrected chi connectivity index (χ2v) is 29.1. The molecular formula is C46H81NO8Si2. The number of cyclic esters (lactones) is 1. The van der Waals surface area contributed by atoms with Gasteiger partial charge in [-0.1, -0.05) is 107 Å². The summed E-state index contributed by atoms with van der Waals surface area (Å²) in [4.78, 5) is 27.3. The molecule has 1 aromatic carbocycles. The van der Waals surface area contributed by atoms with Gasteiger partial charge in [-0.15, -0.1) is 0 Å². The third-order valence-electron chi connectivity index (χ3n) is 13.0. The molecule has 8 atom stereocenters. The fourth-order valence-corrected chi connectivity index (χ4v) is 9.65. The van der Waals surface area contributed by atoms with Crippen LogP contribution >= 0.6 is 0 Å². The minimum Gasteiger partial charge on any atom is -0.497 e. The fraction of sp³-hybridized carbons (Fsp3) is 0.739. The minimum absolute atomic E-state index is 0.0202. The van der Waals surface area contributed by atoms with Crippen LogP contribution in [0.25, 0.3) is 0 Å². The van der Waals surface area contributed by atoms with E-state index < -0.39 is 40.7 Å². The van der Waals surface area contributed by atoms with E-state index in [1.807, 2.05) is 19.1 Å². The van der Waals surface area contributed by atoms with Gasteiger partial charge in [0.25, 0.3) is 0 Å². The van der Waals surface area contributed by atoms with Gasteiger partial charge in [0.15, 0.2) is 16.6 Å². The predicted molar refractivity (Wildman–Crippen MR) is 239 cm³/mol. The van der Waals surface area contributed by atoms with Crippen LogP contribution in [0.15, 0.2) is 36.4 Å². The van der Waals surface area contributed by atoms with Crippen molar-refractivity contribution in [3.63, 3.8) is 0 Å². The van der Waals surface area contributed by atoms with Crippen molar-refractivity contribution in [3.05, 3.63) is 47.6 Å². The number of ether oxygens (including phenoxy) is 3. The first-order valence-corrected chi connectivity index (χ1v) is 27.2. The molecule has 0 fully saturated rings. The first kappa shape index (κ1) is 50.7. The average Bonchev–Trinajstić information content (AvgIpc) is 3.11. The molecule has 0 unspecified atom stereocenters. The molecule has 9 nitrogen and oxygen atoms in total. The summed E-state index contributed by atoms with van der Waals surface area (Å²) in [5.41, 5.74) is 1.20. The first-order chi connectivity index (χ1) is 26.3. The molecule has 11 heteroatoms. The number of aliphatic hydroxyl groups is 1. The van der Waals surface area contributed by atoms with Crippen LogP contribution in [0.3, 0.4) is 0 Å². The number of hydrogen-bond acceptors (Lipinski definition) is 8. The van der Waals surface area contributed by atoms with Gasteiger partial charge in [0, 0.05) is 24.9 Å². The quantitative estimate of drug-likeness (QED) is 0.0907. The summed E-state index contributed by atoms with van der Waals surface area (Å²) in [6.45, 7) is 33.3. The Morgan fingerprint density at radius 2 is 1.58 bits per heavy atom. The van der Waals surface area contributed by atoms with Gasteiger partial charge in [0.2, 0.25) is 5.91 Å². The Morgan fingerprint density at radius 1 is 0.965 bits per heavy atom. The molecular weight excluding hydrogens is 751 g/mol. The van der Waals surface area contributed by atoms with E-state index in [9.17, 15) is 14.7 Å². The van der Waals surface area contributed by atoms with Gasteiger partial charge in [-0.25, -0.2) is 4.79 Å². The van der Waals surface area contributed by atoms with Crippen molar-refractivity contribution in [2.45, 2.75) is 175 Å². The van der Waals surface area contributed by atoms with Crippen molar-refractivity contribution in [2.24, 2.45) is 23.7 Å². The standard InChI is InChI=1S/C46H81NO8Si2/c1-18-23-37(48)33(4)43(49)47-27-22-21-25-32(3)42(55-57(16,17)46(9,10)11)34(5)38-26-20-19-24-31(2)39(54-56(14,15)45(6,7)8)29-35-28-36(51-12)30-40(52-13)41(35)44(50)53-38/h19-22,28,30-34,37-39,42,48H,18,23-27,29H2,1-17H3,(H,47,49)/b20-19-,22-21-/t31-,32+,33+,34+,37-,38-,39+,42+/m0/s1. The number of methoxy groups -OCH3 is 2. The number of fused-ring (bicyclic) bond motifs is 1. The number of hydrogen-bond donors (Lipinski definition) is 2. The Bertz CT molecular complexity index is 1490. The largest absolute Gasteiger partial charge is 0.497 e. The maximum atomic E-state index is 14.6. The highest BCUT2D eigenvalue weighted by Crippen LogP contribution is 2.42. The van der Waals surface area contributed by atoms with Crippen LogP contribution in [-0.2, 0) is 24.8 Å². The summed E-state index contributed by atoms with van der Waals surface area (Å²) in [5, 5.41) is 13.2. The van der Waals surface area contributed by atoms with Crippen molar-refractivity contribution in [2.75, 3.05) is 20.8 Å². The van der Waals surface area contributed by atoms with Gasteiger partial charge in [0.1, 0.15) is 23.2 Å². The maximum Gasteiger partial charge on any atom is 0.342 e. The molecule has 1 aromatic rings. The van der Waals surface area contributed by atoms with Gasteiger partial charge in [-0.2, -0.15) is 0 Å². The zero-order valence-corrected chi connectivity index (χ0v) is 40.8. The molecule has 2 N–H and O–H groups in total. The number of benzene rings is 1. The van der Waals surface area contributed by atoms with Crippen molar-refractivity contribution < 1.29 is 37.8 Å². The number of esters is 1. The van der Waals surface area contributed by atoms with E-state index in [1.54, 1.807) is 27.2 Å². The van der Waals surface area contributed by atoms with E-state index in [2.05, 4.69) is 112 Å². The normalized spacial score (nSPS) is 22.2. The van der Waals surface area contributed by atoms with E-state index in [4.69, 9.17) is 23.1 Å². The van der Waals surface area contributed by atoms with Crippen LogP contribution in [-0.4, -0.2) is 78.8 Å². The molecule has 0 aromatic heterocycles. The second-order valence-electron chi connectivity index (χ2n) is 19.6. The van der Waals surface area contributed by atoms with E-state index >= 15 is 0 Å². The number of aliphatic hydroxyl groups excluding tert-OH is 1. The summed E-state index contributed by atoms with van der Waals surface area (Å²) in [6.07, 6.45) is 11.0. The molecule has 0 saturated carbocycles. The molecule has 0 bridgehead atoms. The number of carbonyl (C=O) groups excluding carboxylic acids is 2. The zero-order valence-electron chi connectivity index (χ0n) is 38.8. The summed E-state index contributed by atoms with van der Waals surface area (Å²) < 4.78 is 32.5. The lowest BCUT2D eigenvalue weighted by Gasteiger charge is -2.44. The predicted octanol–water partition coefficient (Wildman–Crippen LogP) is 10.7. The van der Waals surface area contributed by atoms with E-state index in [0.717, 1.165) is 18.4 Å². The molecule has 57 heavy (non-hydrogen) atoms. The zero-order chi connectivity index (χ0) is 43.5. The smallest absolute Gasteiger partial charge is 0.342 e. The van der Waals surface area contributed by atoms with Crippen molar-refractivity contribution in [1.29, 1.82) is 0 Å². The lowest BCUT2D eigenvalue weighted by Crippen LogP contribution is -2.49. The average molecular weight is 832 g/mol. The molecule has 0 saturated heterocycles. The Morgan fingerprint density at radius 3 is 2.14 bits per heavy atom. The molecule has 0 spiro atoms. The number of nitrogens with one attached hydrogen (secondary N) is 1. The Balaban J connectivity index is 2.55. The number of allylic oxidation sites excluding steroid dienone is 2. The summed E-state index contributed by atoms with van der Waals surface area (Å²) >= 11 is 0. The number of carbonyl (C=O) groups is 2. The summed E-state index contributed by atoms with van der Waals surface area (Å²) in [6, 6.07) is 3.69. The van der Waals surface area contributed by atoms with Crippen LogP contribution < -0.4 is 14.8 Å². The van der Waals surface area contributed by atoms with Crippen molar-refractivity contribution in [3.8, 4) is 11.5 Å². The Kier molecular flexibility index (Phi) is 19.3. The molecule has 326 valence electrons. The lowest BCUT2D eigenvalue weighted by atomic mass is 9.85. The topological polar surface area (TPSA) is 113 Å². The highest BCUT2D eigenvalue weighted by molar-refractivity contribution is 6.74. The van der Waals surface area contributed by atoms with Crippen molar-refractivity contribution >= 4 is 28.5 Å². The monoisotopic (exact) mass is 832 g/mol. The molecule has 1 amide bonds. The third kappa shape index (κ3) is 14.4. The third-order valence-corrected chi connectivity index (χ3v) is 22.0. The molecule has 1 heterocycles. The van der Waals surface area contributed by atoms with Crippen LogP contribution in [0.5, 0.6) is 11.5 Å². The molecule has 2 rings (SSSR count). The Hall–Kier alpha value is -2.45. The van der Waals surface area contributed by atoms with Crippen LogP contribution in [0.4, 0.5) is 0 Å². The minimum atomic E-state index is -2.27. The van der Waals surface area contributed by atoms with E-state index in [1.165, 1.54) is 0 Å². The highest BCUT2D eigenvalue weighted by Gasteiger charge is 2.44. The number of rotatable bonds is 17. The van der Waals surface area contributed by atoms with Gasteiger partial charge >= 0.3 is 5.97 Å². The van der Waals surface area contributed by atoms with Gasteiger partial charge in [-0.05, 0) is 85.4 Å². The molecule has 1 aliphatic rings. The molecule has 0 aliphatic carbocycles. The Labute approximate surface area is 349 Å². The SMILES string of the molecule is CCC[C@H](O)[C@@H](C)C(=O)NC/C=C\C[C@@H](C)[C@@H](O[Si](C)(C)C(C)(C)C)[C@H](C)[C@@H]1C/C=C\C[C@H](C)[C@H](O[Si](C)(C)C(C)(C)C)Cc2cc(OC)cc(OC)c2C(=O)O1. The highest BCUT2D eigenvalue weighted by atomic mass is 28.4. The second kappa shape index (κ2) is 21.7. The van der Waals surface area contributed by atoms with Crippen LogP contribution in [0.1, 0.15) is 124 Å². The van der Waals surface area contributed by atoms with Gasteiger partial charge in [0.05, 0.1) is 38.4 Å². The summed E-state index contributed by atoms with van der Waals surface area (Å²) in [7, 11) is -1.24. The number of amides is 1. The lowest BCUT2D eigenvalue weighted by molar-refractivity contribution is -0.127. The molecule has 0 radical (unpaired) electrons.